The molecule has 0 amide bonds. The van der Waals surface area contributed by atoms with Crippen LogP contribution in [0.3, 0.4) is 0 Å². The van der Waals surface area contributed by atoms with Crippen LogP contribution in [0.1, 0.15) is 5.82 Å². The molecule has 0 saturated heterocycles. The number of aryl methyl sites for hydroxylation is 1. The van der Waals surface area contributed by atoms with Gasteiger partial charge in [0.1, 0.15) is 17.4 Å². The van der Waals surface area contributed by atoms with Gasteiger partial charge in [0.25, 0.3) is 0 Å². The fourth-order valence-electron chi connectivity index (χ4n) is 1.27. The molecule has 0 radical (unpaired) electrons. The van der Waals surface area contributed by atoms with Gasteiger partial charge in [-0.2, -0.15) is 4.98 Å². The molecule has 1 aromatic heterocycles. The summed E-state index contributed by atoms with van der Waals surface area (Å²) < 4.78 is 6.69. The smallest absolute Gasteiger partial charge is 0.224 e. The van der Waals surface area contributed by atoms with E-state index in [-0.39, 0.29) is 0 Å². The summed E-state index contributed by atoms with van der Waals surface area (Å²) in [5.74, 6) is 2.21. The third kappa shape index (κ3) is 2.82. The topological polar surface area (TPSA) is 61.0 Å². The molecule has 2 aromatic rings. The predicted molar refractivity (Wildman–Crippen MR) is 70.4 cm³/mol. The first-order valence-electron chi connectivity index (χ1n) is 4.68. The van der Waals surface area contributed by atoms with Crippen LogP contribution in [-0.2, 0) is 0 Å². The van der Waals surface area contributed by atoms with Crippen molar-refractivity contribution in [1.29, 1.82) is 0 Å². The Balaban J connectivity index is 2.27. The number of halogens is 1. The predicted octanol–water partition coefficient (Wildman–Crippen LogP) is 2.76. The van der Waals surface area contributed by atoms with E-state index in [0.29, 0.717) is 17.5 Å². The van der Waals surface area contributed by atoms with Crippen molar-refractivity contribution < 1.29 is 4.74 Å². The maximum Gasteiger partial charge on any atom is 0.224 e. The Morgan fingerprint density at radius 1 is 1.25 bits per heavy atom. The average Bonchev–Trinajstić information content (AvgIpc) is 2.15. The van der Waals surface area contributed by atoms with E-state index >= 15 is 0 Å². The van der Waals surface area contributed by atoms with Crippen molar-refractivity contribution in [2.24, 2.45) is 0 Å². The zero-order chi connectivity index (χ0) is 11.5. The van der Waals surface area contributed by atoms with Crippen LogP contribution in [0.15, 0.2) is 30.3 Å². The highest BCUT2D eigenvalue weighted by atomic mass is 127. The van der Waals surface area contributed by atoms with Crippen LogP contribution >= 0.6 is 22.6 Å². The third-order valence-corrected chi connectivity index (χ3v) is 2.52. The summed E-state index contributed by atoms with van der Waals surface area (Å²) >= 11 is 2.22. The maximum atomic E-state index is 5.61. The SMILES string of the molecule is Cc1nc(N)cc(Oc2cccc(I)c2)n1. The molecule has 1 heterocycles. The number of nitrogens with zero attached hydrogens (tertiary/aromatic N) is 2. The van der Waals surface area contributed by atoms with Crippen LogP contribution in [0.2, 0.25) is 0 Å². The molecule has 0 aliphatic heterocycles. The minimum Gasteiger partial charge on any atom is -0.439 e. The zero-order valence-corrected chi connectivity index (χ0v) is 10.8. The summed E-state index contributed by atoms with van der Waals surface area (Å²) in [4.78, 5) is 8.12. The standard InChI is InChI=1S/C11H10IN3O/c1-7-14-10(13)6-11(15-7)16-9-4-2-3-8(12)5-9/h2-6H,1H3,(H2,13,14,15). The first-order chi connectivity index (χ1) is 7.63. The van der Waals surface area contributed by atoms with Crippen molar-refractivity contribution in [1.82, 2.24) is 9.97 Å². The van der Waals surface area contributed by atoms with E-state index in [1.54, 1.807) is 13.0 Å². The molecule has 0 fully saturated rings. The van der Waals surface area contributed by atoms with Crippen LogP contribution in [0.5, 0.6) is 11.6 Å². The summed E-state index contributed by atoms with van der Waals surface area (Å²) in [6.07, 6.45) is 0. The van der Waals surface area contributed by atoms with Crippen molar-refractivity contribution in [3.63, 3.8) is 0 Å². The molecule has 0 atom stereocenters. The number of anilines is 1. The lowest BCUT2D eigenvalue weighted by Crippen LogP contribution is -1.97. The molecule has 4 nitrogen and oxygen atoms in total. The number of nitrogen functional groups attached to an aromatic ring is 1. The number of nitrogens with two attached hydrogens (primary N) is 1. The summed E-state index contributed by atoms with van der Waals surface area (Å²) in [6, 6.07) is 9.32. The van der Waals surface area contributed by atoms with Gasteiger partial charge in [-0.3, -0.25) is 0 Å². The van der Waals surface area contributed by atoms with E-state index in [1.807, 2.05) is 24.3 Å². The largest absolute Gasteiger partial charge is 0.439 e. The molecule has 2 N–H and O–H groups in total. The minimum absolute atomic E-state index is 0.410. The summed E-state index contributed by atoms with van der Waals surface area (Å²) in [7, 11) is 0. The monoisotopic (exact) mass is 327 g/mol. The van der Waals surface area contributed by atoms with Crippen molar-refractivity contribution in [2.75, 3.05) is 5.73 Å². The number of rotatable bonds is 2. The molecule has 1 aromatic carbocycles. The second kappa shape index (κ2) is 4.65. The Kier molecular flexibility index (Phi) is 3.23. The van der Waals surface area contributed by atoms with E-state index < -0.39 is 0 Å². The maximum absolute atomic E-state index is 5.61. The van der Waals surface area contributed by atoms with E-state index in [1.165, 1.54) is 0 Å². The van der Waals surface area contributed by atoms with Crippen LogP contribution in [0, 0.1) is 10.5 Å². The van der Waals surface area contributed by atoms with Gasteiger partial charge >= 0.3 is 0 Å². The van der Waals surface area contributed by atoms with Crippen molar-refractivity contribution in [3.05, 3.63) is 39.7 Å². The zero-order valence-electron chi connectivity index (χ0n) is 8.64. The van der Waals surface area contributed by atoms with Crippen LogP contribution in [0.4, 0.5) is 5.82 Å². The van der Waals surface area contributed by atoms with Crippen molar-refractivity contribution in [2.45, 2.75) is 6.92 Å². The van der Waals surface area contributed by atoms with Gasteiger partial charge in [-0.1, -0.05) is 6.07 Å². The van der Waals surface area contributed by atoms with Crippen LogP contribution < -0.4 is 10.5 Å². The normalized spacial score (nSPS) is 10.1. The fraction of sp³-hybridized carbons (Fsp3) is 0.0909. The van der Waals surface area contributed by atoms with Gasteiger partial charge in [-0.05, 0) is 47.7 Å². The first kappa shape index (κ1) is 11.1. The molecule has 5 heteroatoms. The lowest BCUT2D eigenvalue weighted by atomic mass is 10.3. The van der Waals surface area contributed by atoms with E-state index in [2.05, 4.69) is 32.6 Å². The van der Waals surface area contributed by atoms with Crippen LogP contribution in [0.25, 0.3) is 0 Å². The van der Waals surface area contributed by atoms with Crippen molar-refractivity contribution >= 4 is 28.4 Å². The van der Waals surface area contributed by atoms with Crippen LogP contribution in [-0.4, -0.2) is 9.97 Å². The molecule has 0 saturated carbocycles. The quantitative estimate of drug-likeness (QED) is 0.862. The minimum atomic E-state index is 0.410. The second-order valence-electron chi connectivity index (χ2n) is 3.24. The van der Waals surface area contributed by atoms with E-state index in [0.717, 1.165) is 9.32 Å². The van der Waals surface area contributed by atoms with Gasteiger partial charge in [0.05, 0.1) is 0 Å². The van der Waals surface area contributed by atoms with Gasteiger partial charge in [0.2, 0.25) is 5.88 Å². The van der Waals surface area contributed by atoms with Crippen molar-refractivity contribution in [3.8, 4) is 11.6 Å². The second-order valence-corrected chi connectivity index (χ2v) is 4.48. The fourth-order valence-corrected chi connectivity index (χ4v) is 1.78. The van der Waals surface area contributed by atoms with Gasteiger partial charge in [0.15, 0.2) is 0 Å². The molecular formula is C11H10IN3O. The Morgan fingerprint density at radius 3 is 2.75 bits per heavy atom. The Hall–Kier alpha value is -1.37. The Bertz CT molecular complexity index is 496. The molecule has 0 unspecified atom stereocenters. The molecule has 0 bridgehead atoms. The Morgan fingerprint density at radius 2 is 2.06 bits per heavy atom. The van der Waals surface area contributed by atoms with E-state index in [4.69, 9.17) is 10.5 Å². The summed E-state index contributed by atoms with van der Waals surface area (Å²) in [6.45, 7) is 1.78. The highest BCUT2D eigenvalue weighted by Gasteiger charge is 2.02. The number of benzene rings is 1. The third-order valence-electron chi connectivity index (χ3n) is 1.85. The number of aromatic nitrogens is 2. The molecule has 0 aliphatic carbocycles. The highest BCUT2D eigenvalue weighted by molar-refractivity contribution is 14.1. The van der Waals surface area contributed by atoms with Gasteiger partial charge in [0, 0.05) is 9.64 Å². The molecule has 0 aliphatic rings. The average molecular weight is 327 g/mol. The number of ether oxygens (including phenoxy) is 1. The molecule has 0 spiro atoms. The van der Waals surface area contributed by atoms with E-state index in [9.17, 15) is 0 Å². The van der Waals surface area contributed by atoms with Gasteiger partial charge < -0.3 is 10.5 Å². The highest BCUT2D eigenvalue weighted by Crippen LogP contribution is 2.22. The van der Waals surface area contributed by atoms with Gasteiger partial charge in [-0.15, -0.1) is 0 Å². The lowest BCUT2D eigenvalue weighted by molar-refractivity contribution is 0.460. The number of hydrogen-bond acceptors (Lipinski definition) is 4. The molecule has 82 valence electrons. The lowest BCUT2D eigenvalue weighted by Gasteiger charge is -2.06. The first-order valence-corrected chi connectivity index (χ1v) is 5.76. The summed E-state index contributed by atoms with van der Waals surface area (Å²) in [5, 5.41) is 0. The molecular weight excluding hydrogens is 317 g/mol. The number of hydrogen-bond donors (Lipinski definition) is 1. The molecule has 2 rings (SSSR count). The Labute approximate surface area is 107 Å². The molecule has 16 heavy (non-hydrogen) atoms. The van der Waals surface area contributed by atoms with Gasteiger partial charge in [-0.25, -0.2) is 4.98 Å². The summed E-state index contributed by atoms with van der Waals surface area (Å²) in [5.41, 5.74) is 5.61.